The molecule has 1 aromatic carbocycles. The second-order valence-electron chi connectivity index (χ2n) is 5.06. The Balaban J connectivity index is 2.10. The molecule has 0 aliphatic rings. The van der Waals surface area contributed by atoms with Crippen LogP contribution < -0.4 is 5.32 Å². The summed E-state index contributed by atoms with van der Waals surface area (Å²) in [5, 5.41) is 3.46. The molecule has 3 heteroatoms. The van der Waals surface area contributed by atoms with Crippen molar-refractivity contribution in [2.45, 2.75) is 45.9 Å². The van der Waals surface area contributed by atoms with Crippen molar-refractivity contribution in [1.29, 1.82) is 0 Å². The fraction of sp³-hybridized carbons (Fsp3) is 0.625. The summed E-state index contributed by atoms with van der Waals surface area (Å²) in [6.07, 6.45) is 2.62. The number of unbranched alkanes of at least 4 members (excludes halogenated alkanes) is 1. The molecule has 1 rings (SSSR count). The van der Waals surface area contributed by atoms with Gasteiger partial charge in [-0.25, -0.2) is 0 Å². The van der Waals surface area contributed by atoms with Gasteiger partial charge >= 0.3 is 0 Å². The van der Waals surface area contributed by atoms with Crippen LogP contribution in [0.2, 0.25) is 0 Å². The Labute approximate surface area is 117 Å². The molecule has 0 bridgehead atoms. The molecule has 0 saturated heterocycles. The maximum absolute atomic E-state index is 5.51. The summed E-state index contributed by atoms with van der Waals surface area (Å²) in [4.78, 5) is 0. The average molecular weight is 265 g/mol. The highest BCUT2D eigenvalue weighted by Gasteiger charge is 1.97. The van der Waals surface area contributed by atoms with Crippen molar-refractivity contribution in [2.24, 2.45) is 0 Å². The minimum atomic E-state index is 0.344. The van der Waals surface area contributed by atoms with Crippen LogP contribution in [0.25, 0.3) is 0 Å². The second-order valence-corrected chi connectivity index (χ2v) is 5.06. The quantitative estimate of drug-likeness (QED) is 0.659. The van der Waals surface area contributed by atoms with Crippen LogP contribution in [0.1, 0.15) is 37.8 Å². The van der Waals surface area contributed by atoms with E-state index in [0.29, 0.717) is 12.7 Å². The first-order chi connectivity index (χ1) is 9.22. The van der Waals surface area contributed by atoms with Crippen molar-refractivity contribution in [2.75, 3.05) is 20.3 Å². The Morgan fingerprint density at radius 1 is 1.16 bits per heavy atom. The van der Waals surface area contributed by atoms with Gasteiger partial charge in [-0.1, -0.05) is 24.3 Å². The van der Waals surface area contributed by atoms with E-state index >= 15 is 0 Å². The molecule has 0 saturated carbocycles. The Morgan fingerprint density at radius 2 is 1.95 bits per heavy atom. The fourth-order valence-corrected chi connectivity index (χ4v) is 1.90. The van der Waals surface area contributed by atoms with Crippen LogP contribution in [0.5, 0.6) is 0 Å². The molecule has 0 aliphatic carbocycles. The molecule has 1 aromatic rings. The molecular formula is C16H27NO2. The van der Waals surface area contributed by atoms with Gasteiger partial charge in [-0.3, -0.25) is 0 Å². The standard InChI is InChI=1S/C16H27NO2/c1-14(2)19-10-5-4-9-17-12-15-7-6-8-16(11-15)13-18-3/h6-8,11,14,17H,4-5,9-10,12-13H2,1-3H3. The molecule has 0 spiro atoms. The molecule has 0 aliphatic heterocycles. The van der Waals surface area contributed by atoms with Crippen LogP contribution in [0.3, 0.4) is 0 Å². The Hall–Kier alpha value is -0.900. The van der Waals surface area contributed by atoms with Gasteiger partial charge in [-0.15, -0.1) is 0 Å². The van der Waals surface area contributed by atoms with Crippen LogP contribution in [0.4, 0.5) is 0 Å². The molecule has 0 aromatic heterocycles. The lowest BCUT2D eigenvalue weighted by molar-refractivity contribution is 0.0760. The van der Waals surface area contributed by atoms with E-state index in [0.717, 1.165) is 32.5 Å². The molecule has 108 valence electrons. The first-order valence-corrected chi connectivity index (χ1v) is 7.11. The highest BCUT2D eigenvalue weighted by molar-refractivity contribution is 5.22. The summed E-state index contributed by atoms with van der Waals surface area (Å²) in [7, 11) is 1.73. The summed E-state index contributed by atoms with van der Waals surface area (Å²) < 4.78 is 10.6. The predicted octanol–water partition coefficient (Wildman–Crippen LogP) is 3.13. The van der Waals surface area contributed by atoms with Crippen molar-refractivity contribution in [3.63, 3.8) is 0 Å². The lowest BCUT2D eigenvalue weighted by atomic mass is 10.1. The molecule has 19 heavy (non-hydrogen) atoms. The van der Waals surface area contributed by atoms with E-state index in [1.807, 2.05) is 0 Å². The van der Waals surface area contributed by atoms with Gasteiger partial charge in [0.15, 0.2) is 0 Å². The molecule has 1 N–H and O–H groups in total. The average Bonchev–Trinajstić information content (AvgIpc) is 2.38. The Morgan fingerprint density at radius 3 is 2.68 bits per heavy atom. The molecular weight excluding hydrogens is 238 g/mol. The van der Waals surface area contributed by atoms with E-state index in [1.54, 1.807) is 7.11 Å². The van der Waals surface area contributed by atoms with Crippen LogP contribution >= 0.6 is 0 Å². The SMILES string of the molecule is COCc1cccc(CNCCCCOC(C)C)c1. The van der Waals surface area contributed by atoms with Gasteiger partial charge in [0, 0.05) is 20.3 Å². The maximum atomic E-state index is 5.51. The van der Waals surface area contributed by atoms with Crippen LogP contribution in [0, 0.1) is 0 Å². The van der Waals surface area contributed by atoms with E-state index in [9.17, 15) is 0 Å². The summed E-state index contributed by atoms with van der Waals surface area (Å²) in [6.45, 7) is 7.65. The molecule has 0 radical (unpaired) electrons. The summed E-state index contributed by atoms with van der Waals surface area (Å²) in [6, 6.07) is 8.52. The minimum Gasteiger partial charge on any atom is -0.380 e. The first-order valence-electron chi connectivity index (χ1n) is 7.11. The normalized spacial score (nSPS) is 11.2. The highest BCUT2D eigenvalue weighted by atomic mass is 16.5. The van der Waals surface area contributed by atoms with Crippen molar-refractivity contribution in [3.05, 3.63) is 35.4 Å². The smallest absolute Gasteiger partial charge is 0.0713 e. The number of nitrogens with one attached hydrogen (secondary N) is 1. The predicted molar refractivity (Wildman–Crippen MR) is 79.2 cm³/mol. The lowest BCUT2D eigenvalue weighted by Gasteiger charge is -2.08. The zero-order valence-electron chi connectivity index (χ0n) is 12.4. The Kier molecular flexibility index (Phi) is 8.47. The minimum absolute atomic E-state index is 0.344. The number of methoxy groups -OCH3 is 1. The molecule has 0 unspecified atom stereocenters. The van der Waals surface area contributed by atoms with Gasteiger partial charge in [0.05, 0.1) is 12.7 Å². The topological polar surface area (TPSA) is 30.5 Å². The van der Waals surface area contributed by atoms with Gasteiger partial charge < -0.3 is 14.8 Å². The zero-order valence-corrected chi connectivity index (χ0v) is 12.4. The largest absolute Gasteiger partial charge is 0.380 e. The van der Waals surface area contributed by atoms with Crippen molar-refractivity contribution < 1.29 is 9.47 Å². The summed E-state index contributed by atoms with van der Waals surface area (Å²) >= 11 is 0. The zero-order chi connectivity index (χ0) is 13.9. The van der Waals surface area contributed by atoms with Gasteiger partial charge in [-0.2, -0.15) is 0 Å². The molecule has 0 heterocycles. The number of ether oxygens (including phenoxy) is 2. The molecule has 0 fully saturated rings. The monoisotopic (exact) mass is 265 g/mol. The second kappa shape index (κ2) is 9.96. The molecule has 0 atom stereocenters. The lowest BCUT2D eigenvalue weighted by Crippen LogP contribution is -2.15. The first kappa shape index (κ1) is 16.2. The van der Waals surface area contributed by atoms with Crippen molar-refractivity contribution in [1.82, 2.24) is 5.32 Å². The highest BCUT2D eigenvalue weighted by Crippen LogP contribution is 2.06. The van der Waals surface area contributed by atoms with E-state index in [2.05, 4.69) is 43.4 Å². The molecule has 3 nitrogen and oxygen atoms in total. The number of hydrogen-bond donors (Lipinski definition) is 1. The van der Waals surface area contributed by atoms with Crippen LogP contribution in [0.15, 0.2) is 24.3 Å². The Bertz CT molecular complexity index is 339. The van der Waals surface area contributed by atoms with Crippen LogP contribution in [-0.4, -0.2) is 26.4 Å². The molecule has 0 amide bonds. The summed E-state index contributed by atoms with van der Waals surface area (Å²) in [5.74, 6) is 0. The van der Waals surface area contributed by atoms with E-state index in [4.69, 9.17) is 9.47 Å². The van der Waals surface area contributed by atoms with E-state index < -0.39 is 0 Å². The van der Waals surface area contributed by atoms with Gasteiger partial charge in [0.25, 0.3) is 0 Å². The fourth-order valence-electron chi connectivity index (χ4n) is 1.90. The van der Waals surface area contributed by atoms with Gasteiger partial charge in [0.2, 0.25) is 0 Å². The third-order valence-electron chi connectivity index (χ3n) is 2.83. The number of rotatable bonds is 10. The number of hydrogen-bond acceptors (Lipinski definition) is 3. The summed E-state index contributed by atoms with van der Waals surface area (Å²) in [5.41, 5.74) is 2.54. The third kappa shape index (κ3) is 7.98. The van der Waals surface area contributed by atoms with E-state index in [-0.39, 0.29) is 0 Å². The van der Waals surface area contributed by atoms with Crippen molar-refractivity contribution >= 4 is 0 Å². The maximum Gasteiger partial charge on any atom is 0.0713 e. The van der Waals surface area contributed by atoms with Gasteiger partial charge in [0.1, 0.15) is 0 Å². The number of benzene rings is 1. The van der Waals surface area contributed by atoms with Crippen LogP contribution in [-0.2, 0) is 22.6 Å². The van der Waals surface area contributed by atoms with Gasteiger partial charge in [-0.05, 0) is 44.4 Å². The van der Waals surface area contributed by atoms with E-state index in [1.165, 1.54) is 11.1 Å². The van der Waals surface area contributed by atoms with Crippen molar-refractivity contribution in [3.8, 4) is 0 Å². The third-order valence-corrected chi connectivity index (χ3v) is 2.83.